The van der Waals surface area contributed by atoms with Gasteiger partial charge in [0, 0.05) is 16.3 Å². The molecule has 17 heavy (non-hydrogen) atoms. The Kier molecular flexibility index (Phi) is 5.50. The predicted octanol–water partition coefficient (Wildman–Crippen LogP) is 2.79. The minimum atomic E-state index is -3.43. The third-order valence-corrected chi connectivity index (χ3v) is 5.27. The lowest BCUT2D eigenvalue weighted by Gasteiger charge is -2.14. The molecule has 0 heterocycles. The van der Waals surface area contributed by atoms with Crippen molar-refractivity contribution in [3.8, 4) is 0 Å². The zero-order valence-electron chi connectivity index (χ0n) is 10.0. The number of hydrogen-bond donors (Lipinski definition) is 1. The molecular weight excluding hydrogens is 322 g/mol. The highest BCUT2D eigenvalue weighted by Gasteiger charge is 2.19. The molecule has 0 aliphatic carbocycles. The topological polar surface area (TPSA) is 46.2 Å². The Hall–Kier alpha value is -0.0400. The fourth-order valence-electron chi connectivity index (χ4n) is 1.48. The molecule has 1 aromatic carbocycles. The van der Waals surface area contributed by atoms with Crippen LogP contribution in [0.1, 0.15) is 12.5 Å². The van der Waals surface area contributed by atoms with Gasteiger partial charge in [-0.3, -0.25) is 0 Å². The van der Waals surface area contributed by atoms with E-state index in [-0.39, 0.29) is 6.04 Å². The highest BCUT2D eigenvalue weighted by atomic mass is 79.9. The molecule has 0 bridgehead atoms. The van der Waals surface area contributed by atoms with Crippen molar-refractivity contribution >= 4 is 37.7 Å². The second kappa shape index (κ2) is 6.22. The molecule has 0 aliphatic rings. The SMILES string of the molecule is CSCC(C)NS(=O)(=O)c1cc(Br)ccc1C. The number of aryl methyl sites for hydroxylation is 1. The number of hydrogen-bond acceptors (Lipinski definition) is 3. The van der Waals surface area contributed by atoms with Crippen molar-refractivity contribution in [1.82, 2.24) is 4.72 Å². The van der Waals surface area contributed by atoms with Crippen molar-refractivity contribution in [2.24, 2.45) is 0 Å². The van der Waals surface area contributed by atoms with Crippen LogP contribution in [0.25, 0.3) is 0 Å². The lowest BCUT2D eigenvalue weighted by atomic mass is 10.2. The van der Waals surface area contributed by atoms with E-state index in [0.29, 0.717) is 4.90 Å². The van der Waals surface area contributed by atoms with Crippen LogP contribution in [0.5, 0.6) is 0 Å². The average Bonchev–Trinajstić information content (AvgIpc) is 2.21. The van der Waals surface area contributed by atoms with Crippen LogP contribution < -0.4 is 4.72 Å². The molecule has 1 unspecified atom stereocenters. The van der Waals surface area contributed by atoms with E-state index < -0.39 is 10.0 Å². The van der Waals surface area contributed by atoms with Crippen LogP contribution in [0.3, 0.4) is 0 Å². The van der Waals surface area contributed by atoms with Gasteiger partial charge in [0.25, 0.3) is 0 Å². The zero-order valence-corrected chi connectivity index (χ0v) is 13.2. The van der Waals surface area contributed by atoms with Crippen molar-refractivity contribution in [3.63, 3.8) is 0 Å². The van der Waals surface area contributed by atoms with Gasteiger partial charge < -0.3 is 0 Å². The highest BCUT2D eigenvalue weighted by Crippen LogP contribution is 2.20. The first-order valence-electron chi connectivity index (χ1n) is 5.14. The van der Waals surface area contributed by atoms with Crippen molar-refractivity contribution in [2.45, 2.75) is 24.8 Å². The van der Waals surface area contributed by atoms with Crippen LogP contribution >= 0.6 is 27.7 Å². The van der Waals surface area contributed by atoms with Gasteiger partial charge in [0.2, 0.25) is 10.0 Å². The second-order valence-electron chi connectivity index (χ2n) is 3.89. The molecule has 3 nitrogen and oxygen atoms in total. The van der Waals surface area contributed by atoms with Gasteiger partial charge in [-0.05, 0) is 37.8 Å². The van der Waals surface area contributed by atoms with Crippen molar-refractivity contribution in [1.29, 1.82) is 0 Å². The Morgan fingerprint density at radius 1 is 1.47 bits per heavy atom. The lowest BCUT2D eigenvalue weighted by molar-refractivity contribution is 0.570. The smallest absolute Gasteiger partial charge is 0.208 e. The van der Waals surface area contributed by atoms with Gasteiger partial charge in [-0.1, -0.05) is 22.0 Å². The molecule has 1 rings (SSSR count). The first-order valence-corrected chi connectivity index (χ1v) is 8.81. The minimum Gasteiger partial charge on any atom is -0.208 e. The predicted molar refractivity (Wildman–Crippen MR) is 77.0 cm³/mol. The summed E-state index contributed by atoms with van der Waals surface area (Å²) in [6.07, 6.45) is 1.95. The number of sulfonamides is 1. The molecule has 0 saturated heterocycles. The molecule has 1 aromatic rings. The first-order chi connectivity index (χ1) is 7.86. The number of benzene rings is 1. The van der Waals surface area contributed by atoms with E-state index in [9.17, 15) is 8.42 Å². The Balaban J connectivity index is 3.01. The maximum atomic E-state index is 12.1. The highest BCUT2D eigenvalue weighted by molar-refractivity contribution is 9.10. The Labute approximate surface area is 116 Å². The summed E-state index contributed by atoms with van der Waals surface area (Å²) >= 11 is 4.91. The van der Waals surface area contributed by atoms with E-state index in [1.165, 1.54) is 0 Å². The summed E-state index contributed by atoms with van der Waals surface area (Å²) in [5.41, 5.74) is 0.747. The van der Waals surface area contributed by atoms with E-state index in [2.05, 4.69) is 20.7 Å². The molecule has 0 aromatic heterocycles. The number of nitrogens with one attached hydrogen (secondary N) is 1. The number of rotatable bonds is 5. The van der Waals surface area contributed by atoms with E-state index >= 15 is 0 Å². The van der Waals surface area contributed by atoms with Crippen molar-refractivity contribution < 1.29 is 8.42 Å². The summed E-state index contributed by atoms with van der Waals surface area (Å²) in [4.78, 5) is 0.333. The summed E-state index contributed by atoms with van der Waals surface area (Å²) in [7, 11) is -3.43. The third kappa shape index (κ3) is 4.28. The fraction of sp³-hybridized carbons (Fsp3) is 0.455. The van der Waals surface area contributed by atoms with E-state index in [1.54, 1.807) is 30.8 Å². The number of thioether (sulfide) groups is 1. The molecular formula is C11H16BrNO2S2. The van der Waals surface area contributed by atoms with Crippen LogP contribution in [-0.4, -0.2) is 26.5 Å². The molecule has 0 spiro atoms. The number of halogens is 1. The van der Waals surface area contributed by atoms with E-state index in [1.807, 2.05) is 19.2 Å². The first kappa shape index (κ1) is 15.0. The quantitative estimate of drug-likeness (QED) is 0.898. The van der Waals surface area contributed by atoms with Gasteiger partial charge in [-0.15, -0.1) is 0 Å². The van der Waals surface area contributed by atoms with Crippen molar-refractivity contribution in [2.75, 3.05) is 12.0 Å². The summed E-state index contributed by atoms with van der Waals surface area (Å²) in [6, 6.07) is 5.18. The maximum Gasteiger partial charge on any atom is 0.241 e. The summed E-state index contributed by atoms with van der Waals surface area (Å²) in [5, 5.41) is 0. The molecule has 96 valence electrons. The molecule has 0 saturated carbocycles. The van der Waals surface area contributed by atoms with Gasteiger partial charge in [0.05, 0.1) is 4.90 Å². The largest absolute Gasteiger partial charge is 0.241 e. The van der Waals surface area contributed by atoms with Gasteiger partial charge in [-0.2, -0.15) is 11.8 Å². The minimum absolute atomic E-state index is 0.0756. The van der Waals surface area contributed by atoms with Crippen molar-refractivity contribution in [3.05, 3.63) is 28.2 Å². The van der Waals surface area contributed by atoms with Gasteiger partial charge in [-0.25, -0.2) is 13.1 Å². The molecule has 0 fully saturated rings. The van der Waals surface area contributed by atoms with E-state index in [0.717, 1.165) is 15.8 Å². The summed E-state index contributed by atoms with van der Waals surface area (Å²) in [6.45, 7) is 3.65. The third-order valence-electron chi connectivity index (χ3n) is 2.21. The van der Waals surface area contributed by atoms with Crippen LogP contribution in [0.2, 0.25) is 0 Å². The normalized spacial score (nSPS) is 13.6. The summed E-state index contributed by atoms with van der Waals surface area (Å²) in [5.74, 6) is 0.756. The Morgan fingerprint density at radius 3 is 2.71 bits per heavy atom. The molecule has 1 N–H and O–H groups in total. The lowest BCUT2D eigenvalue weighted by Crippen LogP contribution is -2.34. The monoisotopic (exact) mass is 337 g/mol. The van der Waals surface area contributed by atoms with Gasteiger partial charge in [0.15, 0.2) is 0 Å². The maximum absolute atomic E-state index is 12.1. The molecule has 6 heteroatoms. The molecule has 1 atom stereocenters. The zero-order chi connectivity index (χ0) is 13.1. The second-order valence-corrected chi connectivity index (χ2v) is 7.40. The molecule has 0 radical (unpaired) electrons. The standard InChI is InChI=1S/C11H16BrNO2S2/c1-8-4-5-10(12)6-11(8)17(14,15)13-9(2)7-16-3/h4-6,9,13H,7H2,1-3H3. The molecule has 0 amide bonds. The van der Waals surface area contributed by atoms with Gasteiger partial charge in [0.1, 0.15) is 0 Å². The summed E-state index contributed by atoms with van der Waals surface area (Å²) < 4.78 is 27.7. The Bertz CT molecular complexity index is 488. The van der Waals surface area contributed by atoms with Crippen LogP contribution in [0.15, 0.2) is 27.6 Å². The van der Waals surface area contributed by atoms with Crippen LogP contribution in [-0.2, 0) is 10.0 Å². The average molecular weight is 338 g/mol. The molecule has 0 aliphatic heterocycles. The van der Waals surface area contributed by atoms with Gasteiger partial charge >= 0.3 is 0 Å². The Morgan fingerprint density at radius 2 is 2.12 bits per heavy atom. The fourth-order valence-corrected chi connectivity index (χ4v) is 4.19. The van der Waals surface area contributed by atoms with Crippen LogP contribution in [0, 0.1) is 6.92 Å². The van der Waals surface area contributed by atoms with Crippen LogP contribution in [0.4, 0.5) is 0 Å². The van der Waals surface area contributed by atoms with E-state index in [4.69, 9.17) is 0 Å².